The summed E-state index contributed by atoms with van der Waals surface area (Å²) in [5.74, 6) is 0.958. The van der Waals surface area contributed by atoms with Crippen LogP contribution >= 0.6 is 0 Å². The molecular weight excluding hydrogens is 236 g/mol. The maximum atomic E-state index is 6.27. The fourth-order valence-electron chi connectivity index (χ4n) is 2.78. The molecule has 1 saturated heterocycles. The highest BCUT2D eigenvalue weighted by molar-refractivity contribution is 5.28. The van der Waals surface area contributed by atoms with Gasteiger partial charge in [-0.2, -0.15) is 0 Å². The van der Waals surface area contributed by atoms with Gasteiger partial charge in [0, 0.05) is 18.1 Å². The lowest BCUT2D eigenvalue weighted by Gasteiger charge is -2.46. The molecular formula is C16H26N2O. The molecule has 1 atom stereocenters. The molecule has 1 aromatic carbocycles. The van der Waals surface area contributed by atoms with E-state index in [0.29, 0.717) is 6.61 Å². The molecule has 0 aromatic heterocycles. The van der Waals surface area contributed by atoms with E-state index in [4.69, 9.17) is 10.5 Å². The number of hydrogen-bond acceptors (Lipinski definition) is 3. The molecule has 2 N–H and O–H groups in total. The SMILES string of the molecule is CCOc1cccc(CN2CCCC(N)C2(C)C)c1. The monoisotopic (exact) mass is 262 g/mol. The van der Waals surface area contributed by atoms with E-state index in [1.807, 2.05) is 13.0 Å². The van der Waals surface area contributed by atoms with Gasteiger partial charge in [0.25, 0.3) is 0 Å². The Labute approximate surface area is 116 Å². The zero-order valence-corrected chi connectivity index (χ0v) is 12.4. The third-order valence-corrected chi connectivity index (χ3v) is 4.25. The van der Waals surface area contributed by atoms with Gasteiger partial charge in [0.05, 0.1) is 6.61 Å². The molecule has 0 bridgehead atoms. The molecule has 2 rings (SSSR count). The first kappa shape index (κ1) is 14.4. The van der Waals surface area contributed by atoms with E-state index in [0.717, 1.165) is 25.3 Å². The Bertz CT molecular complexity index is 417. The summed E-state index contributed by atoms with van der Waals surface area (Å²) in [6.07, 6.45) is 2.32. The minimum Gasteiger partial charge on any atom is -0.494 e. The molecule has 1 aliphatic rings. The highest BCUT2D eigenvalue weighted by Gasteiger charge is 2.35. The quantitative estimate of drug-likeness (QED) is 0.907. The first-order chi connectivity index (χ1) is 9.04. The maximum absolute atomic E-state index is 6.27. The minimum absolute atomic E-state index is 0.0693. The zero-order valence-electron chi connectivity index (χ0n) is 12.4. The molecule has 19 heavy (non-hydrogen) atoms. The largest absolute Gasteiger partial charge is 0.494 e. The molecule has 106 valence electrons. The molecule has 3 nitrogen and oxygen atoms in total. The average Bonchev–Trinajstić information content (AvgIpc) is 2.36. The third kappa shape index (κ3) is 3.28. The molecule has 0 saturated carbocycles. The fourth-order valence-corrected chi connectivity index (χ4v) is 2.78. The first-order valence-electron chi connectivity index (χ1n) is 7.26. The van der Waals surface area contributed by atoms with Crippen molar-refractivity contribution in [3.63, 3.8) is 0 Å². The number of nitrogens with zero attached hydrogens (tertiary/aromatic N) is 1. The molecule has 0 radical (unpaired) electrons. The highest BCUT2D eigenvalue weighted by atomic mass is 16.5. The van der Waals surface area contributed by atoms with Crippen molar-refractivity contribution in [3.8, 4) is 5.75 Å². The van der Waals surface area contributed by atoms with E-state index in [1.54, 1.807) is 0 Å². The van der Waals surface area contributed by atoms with Crippen LogP contribution in [0.4, 0.5) is 0 Å². The summed E-state index contributed by atoms with van der Waals surface area (Å²) in [4.78, 5) is 2.49. The summed E-state index contributed by atoms with van der Waals surface area (Å²) in [7, 11) is 0. The number of hydrogen-bond donors (Lipinski definition) is 1. The van der Waals surface area contributed by atoms with Crippen molar-refractivity contribution < 1.29 is 4.74 Å². The molecule has 1 aromatic rings. The van der Waals surface area contributed by atoms with E-state index < -0.39 is 0 Å². The smallest absolute Gasteiger partial charge is 0.119 e. The van der Waals surface area contributed by atoms with E-state index in [-0.39, 0.29) is 11.6 Å². The molecule has 1 heterocycles. The summed E-state index contributed by atoms with van der Waals surface area (Å²) in [6, 6.07) is 8.65. The van der Waals surface area contributed by atoms with E-state index in [9.17, 15) is 0 Å². The highest BCUT2D eigenvalue weighted by Crippen LogP contribution is 2.28. The van der Waals surface area contributed by atoms with Gasteiger partial charge in [-0.05, 0) is 57.9 Å². The van der Waals surface area contributed by atoms with Crippen LogP contribution in [0.25, 0.3) is 0 Å². The zero-order chi connectivity index (χ0) is 13.9. The molecule has 1 unspecified atom stereocenters. The molecule has 1 aliphatic heterocycles. The lowest BCUT2D eigenvalue weighted by atomic mass is 9.85. The minimum atomic E-state index is 0.0693. The Balaban J connectivity index is 2.09. The van der Waals surface area contributed by atoms with Crippen molar-refractivity contribution >= 4 is 0 Å². The van der Waals surface area contributed by atoms with Crippen molar-refractivity contribution in [1.29, 1.82) is 0 Å². The van der Waals surface area contributed by atoms with Gasteiger partial charge in [0.2, 0.25) is 0 Å². The van der Waals surface area contributed by atoms with Gasteiger partial charge in [0.15, 0.2) is 0 Å². The summed E-state index contributed by atoms with van der Waals surface area (Å²) in [5, 5.41) is 0. The van der Waals surface area contributed by atoms with E-state index in [2.05, 4.69) is 36.9 Å². The van der Waals surface area contributed by atoms with Crippen LogP contribution in [0.2, 0.25) is 0 Å². The van der Waals surface area contributed by atoms with Crippen LogP contribution in [0.1, 0.15) is 39.2 Å². The summed E-state index contributed by atoms with van der Waals surface area (Å²) in [6.45, 7) is 9.30. The lowest BCUT2D eigenvalue weighted by molar-refractivity contribution is 0.0501. The second kappa shape index (κ2) is 5.93. The van der Waals surface area contributed by atoms with Gasteiger partial charge in [0.1, 0.15) is 5.75 Å². The van der Waals surface area contributed by atoms with Crippen LogP contribution < -0.4 is 10.5 Å². The molecule has 0 spiro atoms. The standard InChI is InChI=1S/C16H26N2O/c1-4-19-14-8-5-7-13(11-14)12-18-10-6-9-15(17)16(18,2)3/h5,7-8,11,15H,4,6,9-10,12,17H2,1-3H3. The van der Waals surface area contributed by atoms with Crippen LogP contribution in [0.15, 0.2) is 24.3 Å². The van der Waals surface area contributed by atoms with Crippen LogP contribution in [0.3, 0.4) is 0 Å². The van der Waals surface area contributed by atoms with Gasteiger partial charge in [-0.3, -0.25) is 4.90 Å². The van der Waals surface area contributed by atoms with Gasteiger partial charge >= 0.3 is 0 Å². The van der Waals surface area contributed by atoms with Gasteiger partial charge < -0.3 is 10.5 Å². The number of benzene rings is 1. The van der Waals surface area contributed by atoms with Crippen molar-refractivity contribution in [2.75, 3.05) is 13.2 Å². The molecule has 3 heteroatoms. The number of rotatable bonds is 4. The van der Waals surface area contributed by atoms with Gasteiger partial charge in [-0.15, -0.1) is 0 Å². The van der Waals surface area contributed by atoms with E-state index in [1.165, 1.54) is 12.0 Å². The number of piperidine rings is 1. The molecule has 0 amide bonds. The Morgan fingerprint density at radius 3 is 2.95 bits per heavy atom. The van der Waals surface area contributed by atoms with Crippen LogP contribution in [-0.4, -0.2) is 29.6 Å². The predicted octanol–water partition coefficient (Wildman–Crippen LogP) is 2.79. The number of nitrogens with two attached hydrogens (primary N) is 1. The maximum Gasteiger partial charge on any atom is 0.119 e. The summed E-state index contributed by atoms with van der Waals surface area (Å²) >= 11 is 0. The number of likely N-dealkylation sites (tertiary alicyclic amines) is 1. The topological polar surface area (TPSA) is 38.5 Å². The van der Waals surface area contributed by atoms with Crippen LogP contribution in [0, 0.1) is 0 Å². The van der Waals surface area contributed by atoms with Crippen molar-refractivity contribution in [2.45, 2.75) is 51.7 Å². The Morgan fingerprint density at radius 1 is 1.42 bits per heavy atom. The van der Waals surface area contributed by atoms with Crippen molar-refractivity contribution in [3.05, 3.63) is 29.8 Å². The second-order valence-electron chi connectivity index (χ2n) is 5.90. The van der Waals surface area contributed by atoms with E-state index >= 15 is 0 Å². The molecule has 1 fully saturated rings. The number of ether oxygens (including phenoxy) is 1. The van der Waals surface area contributed by atoms with Crippen molar-refractivity contribution in [1.82, 2.24) is 4.90 Å². The third-order valence-electron chi connectivity index (χ3n) is 4.25. The lowest BCUT2D eigenvalue weighted by Crippen LogP contribution is -2.59. The Hall–Kier alpha value is -1.06. The normalized spacial score (nSPS) is 23.3. The van der Waals surface area contributed by atoms with Crippen LogP contribution in [0.5, 0.6) is 5.75 Å². The Morgan fingerprint density at radius 2 is 2.21 bits per heavy atom. The molecule has 0 aliphatic carbocycles. The first-order valence-corrected chi connectivity index (χ1v) is 7.26. The van der Waals surface area contributed by atoms with Gasteiger partial charge in [-0.1, -0.05) is 12.1 Å². The fraction of sp³-hybridized carbons (Fsp3) is 0.625. The summed E-state index contributed by atoms with van der Waals surface area (Å²) in [5.41, 5.74) is 7.64. The Kier molecular flexibility index (Phi) is 4.48. The van der Waals surface area contributed by atoms with Crippen molar-refractivity contribution in [2.24, 2.45) is 5.73 Å². The predicted molar refractivity (Wildman–Crippen MR) is 79.3 cm³/mol. The second-order valence-corrected chi connectivity index (χ2v) is 5.90. The van der Waals surface area contributed by atoms with Crippen LogP contribution in [-0.2, 0) is 6.54 Å². The summed E-state index contributed by atoms with van der Waals surface area (Å²) < 4.78 is 5.57. The van der Waals surface area contributed by atoms with Gasteiger partial charge in [-0.25, -0.2) is 0 Å². The average molecular weight is 262 g/mol.